The second-order valence-electron chi connectivity index (χ2n) is 7.18. The molecule has 0 radical (unpaired) electrons. The van der Waals surface area contributed by atoms with Crippen LogP contribution in [0.2, 0.25) is 0 Å². The van der Waals surface area contributed by atoms with E-state index in [4.69, 9.17) is 5.73 Å². The summed E-state index contributed by atoms with van der Waals surface area (Å²) >= 11 is 0. The number of amides is 1. The summed E-state index contributed by atoms with van der Waals surface area (Å²) in [6, 6.07) is 10.1. The fraction of sp³-hybridized carbons (Fsp3) is 0.474. The molecule has 2 bridgehead atoms. The molecule has 134 valence electrons. The summed E-state index contributed by atoms with van der Waals surface area (Å²) in [6.07, 6.45) is 9.32. The zero-order valence-electron chi connectivity index (χ0n) is 14.2. The number of rotatable bonds is 3. The third kappa shape index (κ3) is 3.72. The van der Waals surface area contributed by atoms with Crippen molar-refractivity contribution in [3.8, 4) is 5.69 Å². The highest BCUT2D eigenvalue weighted by Crippen LogP contribution is 2.39. The number of benzene rings is 1. The Bertz CT molecular complexity index is 704. The average molecular weight is 361 g/mol. The standard InChI is InChI=1S/C19H24N4O.ClH/c20-16-10-13-4-1-5-14(11-16)18(13)22-19(24)15-6-2-7-17(12-15)23-9-3-8-21-23;/h2-3,6-9,12-14,16,18H,1,4-5,10-11,20H2,(H,22,24);1H. The van der Waals surface area contributed by atoms with Crippen molar-refractivity contribution in [2.45, 2.75) is 44.2 Å². The predicted octanol–water partition coefficient (Wildman–Crippen LogP) is 2.93. The van der Waals surface area contributed by atoms with Gasteiger partial charge in [-0.05, 0) is 61.8 Å². The quantitative estimate of drug-likeness (QED) is 0.883. The molecule has 25 heavy (non-hydrogen) atoms. The van der Waals surface area contributed by atoms with Gasteiger partial charge in [0.15, 0.2) is 0 Å². The van der Waals surface area contributed by atoms with E-state index in [0.717, 1.165) is 18.5 Å². The van der Waals surface area contributed by atoms with Crippen molar-refractivity contribution >= 4 is 18.3 Å². The lowest BCUT2D eigenvalue weighted by molar-refractivity contribution is 0.0756. The Morgan fingerprint density at radius 2 is 1.96 bits per heavy atom. The molecule has 2 unspecified atom stereocenters. The van der Waals surface area contributed by atoms with Crippen molar-refractivity contribution in [2.24, 2.45) is 17.6 Å². The van der Waals surface area contributed by atoms with Crippen molar-refractivity contribution in [2.75, 3.05) is 0 Å². The van der Waals surface area contributed by atoms with Crippen LogP contribution in [0.3, 0.4) is 0 Å². The molecule has 0 saturated heterocycles. The summed E-state index contributed by atoms with van der Waals surface area (Å²) in [5.74, 6) is 1.08. The van der Waals surface area contributed by atoms with Gasteiger partial charge in [-0.15, -0.1) is 12.4 Å². The summed E-state index contributed by atoms with van der Waals surface area (Å²) in [5.41, 5.74) is 7.77. The van der Waals surface area contributed by atoms with E-state index in [1.54, 1.807) is 10.9 Å². The molecule has 2 fully saturated rings. The summed E-state index contributed by atoms with van der Waals surface area (Å²) in [7, 11) is 0. The summed E-state index contributed by atoms with van der Waals surface area (Å²) < 4.78 is 1.77. The highest BCUT2D eigenvalue weighted by atomic mass is 35.5. The summed E-state index contributed by atoms with van der Waals surface area (Å²) in [6.45, 7) is 0. The van der Waals surface area contributed by atoms with E-state index in [9.17, 15) is 4.79 Å². The number of hydrogen-bond acceptors (Lipinski definition) is 3. The SMILES string of the molecule is Cl.NC1CC2CCCC(C1)C2NC(=O)c1cccc(-n2cccn2)c1. The van der Waals surface area contributed by atoms with Crippen LogP contribution in [0.15, 0.2) is 42.7 Å². The molecule has 1 heterocycles. The molecule has 2 aromatic rings. The van der Waals surface area contributed by atoms with Crippen LogP contribution >= 0.6 is 12.4 Å². The number of carbonyl (C=O) groups is 1. The van der Waals surface area contributed by atoms with Crippen LogP contribution in [0.1, 0.15) is 42.5 Å². The first-order valence-corrected chi connectivity index (χ1v) is 8.87. The molecule has 2 aliphatic carbocycles. The van der Waals surface area contributed by atoms with Gasteiger partial charge in [0, 0.05) is 30.0 Å². The van der Waals surface area contributed by atoms with E-state index in [-0.39, 0.29) is 24.4 Å². The highest BCUT2D eigenvalue weighted by molar-refractivity contribution is 5.95. The van der Waals surface area contributed by atoms with E-state index in [0.29, 0.717) is 23.4 Å². The van der Waals surface area contributed by atoms with Gasteiger partial charge in [-0.2, -0.15) is 5.10 Å². The molecular formula is C19H25ClN4O. The Balaban J connectivity index is 0.00000182. The van der Waals surface area contributed by atoms with E-state index in [1.165, 1.54) is 19.3 Å². The molecule has 2 aliphatic rings. The van der Waals surface area contributed by atoms with Gasteiger partial charge in [-0.25, -0.2) is 4.68 Å². The number of nitrogens with two attached hydrogens (primary N) is 1. The second kappa shape index (κ2) is 7.58. The molecule has 2 saturated carbocycles. The maximum Gasteiger partial charge on any atom is 0.251 e. The van der Waals surface area contributed by atoms with Gasteiger partial charge in [-0.1, -0.05) is 12.5 Å². The molecule has 3 N–H and O–H groups in total. The summed E-state index contributed by atoms with van der Waals surface area (Å²) in [4.78, 5) is 12.8. The number of nitrogens with one attached hydrogen (secondary N) is 1. The molecular weight excluding hydrogens is 336 g/mol. The van der Waals surface area contributed by atoms with Crippen molar-refractivity contribution in [3.05, 3.63) is 48.3 Å². The third-order valence-electron chi connectivity index (χ3n) is 5.55. The molecule has 5 nitrogen and oxygen atoms in total. The van der Waals surface area contributed by atoms with Crippen LogP contribution in [-0.2, 0) is 0 Å². The molecule has 4 rings (SSSR count). The van der Waals surface area contributed by atoms with Gasteiger partial charge in [0.1, 0.15) is 0 Å². The lowest BCUT2D eigenvalue weighted by Gasteiger charge is -2.45. The second-order valence-corrected chi connectivity index (χ2v) is 7.18. The molecule has 0 aliphatic heterocycles. The lowest BCUT2D eigenvalue weighted by Crippen LogP contribution is -2.53. The number of carbonyl (C=O) groups excluding carboxylic acids is 1. The maximum atomic E-state index is 12.8. The van der Waals surface area contributed by atoms with Crippen molar-refractivity contribution in [1.82, 2.24) is 15.1 Å². The molecule has 2 atom stereocenters. The first-order valence-electron chi connectivity index (χ1n) is 8.87. The minimum atomic E-state index is 0. The van der Waals surface area contributed by atoms with Crippen LogP contribution in [0.25, 0.3) is 5.69 Å². The first kappa shape index (κ1) is 18.0. The topological polar surface area (TPSA) is 72.9 Å². The van der Waals surface area contributed by atoms with Gasteiger partial charge in [0.05, 0.1) is 5.69 Å². The average Bonchev–Trinajstić information content (AvgIpc) is 3.10. The smallest absolute Gasteiger partial charge is 0.251 e. The van der Waals surface area contributed by atoms with Crippen LogP contribution in [0, 0.1) is 11.8 Å². The zero-order valence-corrected chi connectivity index (χ0v) is 15.0. The van der Waals surface area contributed by atoms with Crippen molar-refractivity contribution in [1.29, 1.82) is 0 Å². The highest BCUT2D eigenvalue weighted by Gasteiger charge is 2.39. The Kier molecular flexibility index (Phi) is 5.45. The fourth-order valence-corrected chi connectivity index (χ4v) is 4.47. The Morgan fingerprint density at radius 1 is 1.20 bits per heavy atom. The predicted molar refractivity (Wildman–Crippen MR) is 100 cm³/mol. The van der Waals surface area contributed by atoms with Crippen LogP contribution in [0.4, 0.5) is 0 Å². The Morgan fingerprint density at radius 3 is 2.64 bits per heavy atom. The zero-order chi connectivity index (χ0) is 16.5. The van der Waals surface area contributed by atoms with Gasteiger partial charge >= 0.3 is 0 Å². The minimum Gasteiger partial charge on any atom is -0.349 e. The van der Waals surface area contributed by atoms with Gasteiger partial charge in [-0.3, -0.25) is 4.79 Å². The van der Waals surface area contributed by atoms with E-state index >= 15 is 0 Å². The van der Waals surface area contributed by atoms with Gasteiger partial charge < -0.3 is 11.1 Å². The first-order chi connectivity index (χ1) is 11.7. The molecule has 0 spiro atoms. The van der Waals surface area contributed by atoms with Gasteiger partial charge in [0.25, 0.3) is 5.91 Å². The maximum absolute atomic E-state index is 12.8. The number of hydrogen-bond donors (Lipinski definition) is 2. The van der Waals surface area contributed by atoms with E-state index in [1.807, 2.05) is 36.5 Å². The summed E-state index contributed by atoms with van der Waals surface area (Å²) in [5, 5.41) is 7.53. The molecule has 1 amide bonds. The number of fused-ring (bicyclic) bond motifs is 2. The third-order valence-corrected chi connectivity index (χ3v) is 5.55. The monoisotopic (exact) mass is 360 g/mol. The van der Waals surface area contributed by atoms with Crippen LogP contribution < -0.4 is 11.1 Å². The lowest BCUT2D eigenvalue weighted by atomic mass is 9.67. The molecule has 1 aromatic carbocycles. The molecule has 1 aromatic heterocycles. The van der Waals surface area contributed by atoms with E-state index < -0.39 is 0 Å². The normalized spacial score (nSPS) is 28.0. The Hall–Kier alpha value is -1.85. The van der Waals surface area contributed by atoms with E-state index in [2.05, 4.69) is 10.4 Å². The van der Waals surface area contributed by atoms with Gasteiger partial charge in [0.2, 0.25) is 0 Å². The number of halogens is 1. The number of aromatic nitrogens is 2. The Labute approximate surface area is 154 Å². The minimum absolute atomic E-state index is 0. The van der Waals surface area contributed by atoms with Crippen LogP contribution in [-0.4, -0.2) is 27.8 Å². The number of nitrogens with zero attached hydrogens (tertiary/aromatic N) is 2. The van der Waals surface area contributed by atoms with Crippen molar-refractivity contribution < 1.29 is 4.79 Å². The largest absolute Gasteiger partial charge is 0.349 e. The molecule has 6 heteroatoms. The van der Waals surface area contributed by atoms with Crippen LogP contribution in [0.5, 0.6) is 0 Å². The fourth-order valence-electron chi connectivity index (χ4n) is 4.47. The van der Waals surface area contributed by atoms with Crippen molar-refractivity contribution in [3.63, 3.8) is 0 Å².